The van der Waals surface area contributed by atoms with E-state index in [9.17, 15) is 9.90 Å². The second-order valence-electron chi connectivity index (χ2n) is 4.46. The summed E-state index contributed by atoms with van der Waals surface area (Å²) in [7, 11) is 0. The Bertz CT molecular complexity index is 379. The van der Waals surface area contributed by atoms with E-state index in [0.717, 1.165) is 5.75 Å². The average molecular weight is 266 g/mol. The number of aliphatic hydroxyl groups is 1. The van der Waals surface area contributed by atoms with Crippen LogP contribution >= 0.6 is 0 Å². The summed E-state index contributed by atoms with van der Waals surface area (Å²) in [6, 6.07) is 7.69. The highest BCUT2D eigenvalue weighted by atomic mass is 16.5. The first-order valence-corrected chi connectivity index (χ1v) is 6.40. The van der Waals surface area contributed by atoms with Gasteiger partial charge in [0.05, 0.1) is 0 Å². The van der Waals surface area contributed by atoms with Gasteiger partial charge in [-0.2, -0.15) is 0 Å². The standard InChI is InChI=1S/C14H22N2O3/c1-11-3-5-14(6-4-11)19-10-13(18)9-15-7-8-16-12(2)17/h3-6,13,15,18H,7-10H2,1-2H3,(H,16,17). The molecule has 5 nitrogen and oxygen atoms in total. The summed E-state index contributed by atoms with van der Waals surface area (Å²) in [5.74, 6) is 0.702. The molecule has 106 valence electrons. The third-order valence-corrected chi connectivity index (χ3v) is 2.52. The summed E-state index contributed by atoms with van der Waals surface area (Å²) in [5, 5.41) is 15.4. The number of ether oxygens (including phenoxy) is 1. The lowest BCUT2D eigenvalue weighted by Gasteiger charge is -2.13. The van der Waals surface area contributed by atoms with Crippen molar-refractivity contribution >= 4 is 5.91 Å². The molecule has 0 bridgehead atoms. The van der Waals surface area contributed by atoms with Crippen molar-refractivity contribution in [2.45, 2.75) is 20.0 Å². The minimum Gasteiger partial charge on any atom is -0.491 e. The maximum atomic E-state index is 10.6. The van der Waals surface area contributed by atoms with Crippen molar-refractivity contribution in [2.24, 2.45) is 0 Å². The minimum absolute atomic E-state index is 0.0509. The molecule has 1 atom stereocenters. The van der Waals surface area contributed by atoms with Crippen molar-refractivity contribution < 1.29 is 14.6 Å². The molecular weight excluding hydrogens is 244 g/mol. The Morgan fingerprint density at radius 3 is 2.63 bits per heavy atom. The Kier molecular flexibility index (Phi) is 6.92. The van der Waals surface area contributed by atoms with E-state index in [1.54, 1.807) is 0 Å². The van der Waals surface area contributed by atoms with Gasteiger partial charge in [0.1, 0.15) is 18.5 Å². The Balaban J connectivity index is 2.09. The number of carbonyl (C=O) groups excluding carboxylic acids is 1. The van der Waals surface area contributed by atoms with Gasteiger partial charge < -0.3 is 20.5 Å². The Hall–Kier alpha value is -1.59. The zero-order chi connectivity index (χ0) is 14.1. The van der Waals surface area contributed by atoms with Gasteiger partial charge in [0, 0.05) is 26.6 Å². The predicted octanol–water partition coefficient (Wildman–Crippen LogP) is 0.460. The number of benzene rings is 1. The van der Waals surface area contributed by atoms with Gasteiger partial charge in [0.2, 0.25) is 5.91 Å². The molecule has 1 aromatic rings. The molecule has 0 heterocycles. The molecule has 0 aromatic heterocycles. The van der Waals surface area contributed by atoms with Crippen LogP contribution in [0.4, 0.5) is 0 Å². The van der Waals surface area contributed by atoms with E-state index < -0.39 is 6.10 Å². The summed E-state index contributed by atoms with van der Waals surface area (Å²) in [6.07, 6.45) is -0.571. The van der Waals surface area contributed by atoms with E-state index in [2.05, 4.69) is 10.6 Å². The van der Waals surface area contributed by atoms with Gasteiger partial charge in [0.25, 0.3) is 0 Å². The summed E-state index contributed by atoms with van der Waals surface area (Å²) in [6.45, 7) is 5.35. The lowest BCUT2D eigenvalue weighted by molar-refractivity contribution is -0.118. The molecule has 19 heavy (non-hydrogen) atoms. The molecule has 1 amide bonds. The first-order valence-electron chi connectivity index (χ1n) is 6.40. The lowest BCUT2D eigenvalue weighted by atomic mass is 10.2. The highest BCUT2D eigenvalue weighted by molar-refractivity contribution is 5.72. The molecule has 0 saturated heterocycles. The minimum atomic E-state index is -0.571. The number of aryl methyl sites for hydroxylation is 1. The number of aliphatic hydroxyl groups excluding tert-OH is 1. The van der Waals surface area contributed by atoms with Crippen LogP contribution in [0.5, 0.6) is 5.75 Å². The van der Waals surface area contributed by atoms with Gasteiger partial charge in [-0.1, -0.05) is 17.7 Å². The van der Waals surface area contributed by atoms with Crippen LogP contribution in [0, 0.1) is 6.92 Å². The van der Waals surface area contributed by atoms with E-state index in [0.29, 0.717) is 19.6 Å². The summed E-state index contributed by atoms with van der Waals surface area (Å²) in [4.78, 5) is 10.6. The molecular formula is C14H22N2O3. The van der Waals surface area contributed by atoms with Crippen molar-refractivity contribution in [1.29, 1.82) is 0 Å². The molecule has 1 unspecified atom stereocenters. The number of nitrogens with one attached hydrogen (secondary N) is 2. The number of carbonyl (C=O) groups is 1. The van der Waals surface area contributed by atoms with Gasteiger partial charge in [-0.25, -0.2) is 0 Å². The first kappa shape index (κ1) is 15.5. The van der Waals surface area contributed by atoms with Crippen LogP contribution in [0.25, 0.3) is 0 Å². The number of amides is 1. The largest absolute Gasteiger partial charge is 0.491 e. The highest BCUT2D eigenvalue weighted by Crippen LogP contribution is 2.11. The second kappa shape index (κ2) is 8.50. The van der Waals surface area contributed by atoms with Gasteiger partial charge in [-0.3, -0.25) is 4.79 Å². The molecule has 0 spiro atoms. The van der Waals surface area contributed by atoms with Gasteiger partial charge in [-0.15, -0.1) is 0 Å². The number of rotatable bonds is 8. The molecule has 0 fully saturated rings. The molecule has 1 aromatic carbocycles. The van der Waals surface area contributed by atoms with Crippen LogP contribution in [-0.4, -0.2) is 43.4 Å². The van der Waals surface area contributed by atoms with Gasteiger partial charge in [0.15, 0.2) is 0 Å². The fourth-order valence-corrected chi connectivity index (χ4v) is 1.48. The number of hydrogen-bond donors (Lipinski definition) is 3. The predicted molar refractivity (Wildman–Crippen MR) is 74.2 cm³/mol. The zero-order valence-corrected chi connectivity index (χ0v) is 11.5. The third-order valence-electron chi connectivity index (χ3n) is 2.52. The van der Waals surface area contributed by atoms with Crippen LogP contribution in [0.2, 0.25) is 0 Å². The molecule has 5 heteroatoms. The molecule has 0 radical (unpaired) electrons. The Morgan fingerprint density at radius 1 is 1.32 bits per heavy atom. The van der Waals surface area contributed by atoms with Crippen molar-refractivity contribution in [3.63, 3.8) is 0 Å². The normalized spacial score (nSPS) is 11.9. The zero-order valence-electron chi connectivity index (χ0n) is 11.5. The van der Waals surface area contributed by atoms with Crippen LogP contribution < -0.4 is 15.4 Å². The maximum Gasteiger partial charge on any atom is 0.216 e. The summed E-state index contributed by atoms with van der Waals surface area (Å²) < 4.78 is 5.46. The molecule has 0 aliphatic carbocycles. The quantitative estimate of drug-likeness (QED) is 0.598. The third kappa shape index (κ3) is 7.43. The SMILES string of the molecule is CC(=O)NCCNCC(O)COc1ccc(C)cc1. The Morgan fingerprint density at radius 2 is 2.00 bits per heavy atom. The van der Waals surface area contributed by atoms with Crippen LogP contribution in [0.1, 0.15) is 12.5 Å². The van der Waals surface area contributed by atoms with Gasteiger partial charge >= 0.3 is 0 Å². The highest BCUT2D eigenvalue weighted by Gasteiger charge is 2.04. The Labute approximate surface area is 114 Å². The molecule has 0 saturated carbocycles. The fraction of sp³-hybridized carbons (Fsp3) is 0.500. The lowest BCUT2D eigenvalue weighted by Crippen LogP contribution is -2.36. The van der Waals surface area contributed by atoms with Crippen molar-refractivity contribution in [2.75, 3.05) is 26.2 Å². The van der Waals surface area contributed by atoms with Crippen molar-refractivity contribution in [3.8, 4) is 5.75 Å². The first-order chi connectivity index (χ1) is 9.08. The molecule has 3 N–H and O–H groups in total. The van der Waals surface area contributed by atoms with Crippen molar-refractivity contribution in [1.82, 2.24) is 10.6 Å². The topological polar surface area (TPSA) is 70.6 Å². The number of hydrogen-bond acceptors (Lipinski definition) is 4. The average Bonchev–Trinajstić information content (AvgIpc) is 2.37. The van der Waals surface area contributed by atoms with Crippen LogP contribution in [-0.2, 0) is 4.79 Å². The second-order valence-corrected chi connectivity index (χ2v) is 4.46. The van der Waals surface area contributed by atoms with E-state index in [4.69, 9.17) is 4.74 Å². The molecule has 0 aliphatic rings. The van der Waals surface area contributed by atoms with Gasteiger partial charge in [-0.05, 0) is 19.1 Å². The van der Waals surface area contributed by atoms with Crippen LogP contribution in [0.15, 0.2) is 24.3 Å². The molecule has 1 rings (SSSR count). The van der Waals surface area contributed by atoms with E-state index in [-0.39, 0.29) is 12.5 Å². The smallest absolute Gasteiger partial charge is 0.216 e. The van der Waals surface area contributed by atoms with Crippen molar-refractivity contribution in [3.05, 3.63) is 29.8 Å². The van der Waals surface area contributed by atoms with Crippen LogP contribution in [0.3, 0.4) is 0 Å². The molecule has 0 aliphatic heterocycles. The van der Waals surface area contributed by atoms with E-state index in [1.165, 1.54) is 12.5 Å². The fourth-order valence-electron chi connectivity index (χ4n) is 1.48. The van der Waals surface area contributed by atoms with E-state index in [1.807, 2.05) is 31.2 Å². The monoisotopic (exact) mass is 266 g/mol. The summed E-state index contributed by atoms with van der Waals surface area (Å²) >= 11 is 0. The maximum absolute atomic E-state index is 10.6. The van der Waals surface area contributed by atoms with E-state index >= 15 is 0 Å². The summed E-state index contributed by atoms with van der Waals surface area (Å²) in [5.41, 5.74) is 1.17.